The van der Waals surface area contributed by atoms with E-state index in [0.717, 1.165) is 48.1 Å². The first kappa shape index (κ1) is 18.1. The number of thiophene rings is 1. The molecule has 1 amide bonds. The summed E-state index contributed by atoms with van der Waals surface area (Å²) in [5, 5.41) is 16.2. The molecule has 2 aromatic heterocycles. The van der Waals surface area contributed by atoms with Gasteiger partial charge < -0.3 is 14.5 Å². The Morgan fingerprint density at radius 3 is 2.72 bits per heavy atom. The fraction of sp³-hybridized carbons (Fsp3) is 0.556. The second kappa shape index (κ2) is 8.12. The monoisotopic (exact) mass is 363 g/mol. The number of aliphatic hydroxyl groups excluding tert-OH is 1. The summed E-state index contributed by atoms with van der Waals surface area (Å²) in [6.07, 6.45) is 0.722. The lowest BCUT2D eigenvalue weighted by Crippen LogP contribution is -2.49. The fourth-order valence-electron chi connectivity index (χ4n) is 3.24. The molecule has 7 heteroatoms. The Morgan fingerprint density at radius 1 is 1.36 bits per heavy atom. The normalized spacial score (nSPS) is 17.0. The van der Waals surface area contributed by atoms with E-state index in [1.165, 1.54) is 0 Å². The highest BCUT2D eigenvalue weighted by atomic mass is 32.1. The van der Waals surface area contributed by atoms with Crippen LogP contribution >= 0.6 is 11.3 Å². The summed E-state index contributed by atoms with van der Waals surface area (Å²) in [7, 11) is 0. The van der Waals surface area contributed by atoms with E-state index in [2.05, 4.69) is 10.1 Å². The van der Waals surface area contributed by atoms with Crippen molar-refractivity contribution in [1.82, 2.24) is 15.0 Å². The van der Waals surface area contributed by atoms with Gasteiger partial charge in [-0.25, -0.2) is 0 Å². The molecule has 3 heterocycles. The van der Waals surface area contributed by atoms with Crippen molar-refractivity contribution in [2.24, 2.45) is 0 Å². The molecule has 25 heavy (non-hydrogen) atoms. The molecule has 0 saturated carbocycles. The molecule has 1 aliphatic heterocycles. The van der Waals surface area contributed by atoms with Gasteiger partial charge in [-0.2, -0.15) is 0 Å². The zero-order valence-electron chi connectivity index (χ0n) is 14.8. The molecule has 0 spiro atoms. The Morgan fingerprint density at radius 2 is 2.12 bits per heavy atom. The maximum atomic E-state index is 12.4. The number of piperazine rings is 1. The third kappa shape index (κ3) is 4.48. The van der Waals surface area contributed by atoms with Gasteiger partial charge in [0.05, 0.1) is 5.69 Å². The lowest BCUT2D eigenvalue weighted by Gasteiger charge is -2.35. The minimum Gasteiger partial charge on any atom is -0.386 e. The number of nitrogens with zero attached hydrogens (tertiary/aromatic N) is 3. The first-order chi connectivity index (χ1) is 12.0. The Bertz CT molecular complexity index is 671. The van der Waals surface area contributed by atoms with Crippen LogP contribution in [0, 0.1) is 13.8 Å². The van der Waals surface area contributed by atoms with E-state index in [1.807, 2.05) is 36.3 Å². The van der Waals surface area contributed by atoms with E-state index >= 15 is 0 Å². The number of aryl methyl sites for hydroxylation is 2. The van der Waals surface area contributed by atoms with Crippen molar-refractivity contribution in [2.45, 2.75) is 32.8 Å². The topological polar surface area (TPSA) is 69.8 Å². The molecule has 1 aliphatic rings. The predicted molar refractivity (Wildman–Crippen MR) is 96.6 cm³/mol. The largest absolute Gasteiger partial charge is 0.386 e. The zero-order chi connectivity index (χ0) is 17.8. The molecular weight excluding hydrogens is 338 g/mol. The Kier molecular flexibility index (Phi) is 5.88. The number of rotatable bonds is 6. The minimum absolute atomic E-state index is 0.179. The van der Waals surface area contributed by atoms with Crippen LogP contribution in [-0.4, -0.2) is 58.7 Å². The molecule has 0 bridgehead atoms. The van der Waals surface area contributed by atoms with Crippen LogP contribution in [0.4, 0.5) is 0 Å². The van der Waals surface area contributed by atoms with Crippen LogP contribution in [0.15, 0.2) is 22.0 Å². The summed E-state index contributed by atoms with van der Waals surface area (Å²) < 4.78 is 5.15. The third-order valence-electron chi connectivity index (χ3n) is 4.80. The van der Waals surface area contributed by atoms with Gasteiger partial charge in [-0.05, 0) is 31.7 Å². The number of hydrogen-bond acceptors (Lipinski definition) is 6. The highest BCUT2D eigenvalue weighted by Crippen LogP contribution is 2.20. The average Bonchev–Trinajstić information content (AvgIpc) is 3.24. The summed E-state index contributed by atoms with van der Waals surface area (Å²) >= 11 is 1.58. The molecule has 0 aromatic carbocycles. The van der Waals surface area contributed by atoms with E-state index in [0.29, 0.717) is 19.4 Å². The maximum absolute atomic E-state index is 12.4. The molecule has 2 aromatic rings. The van der Waals surface area contributed by atoms with Gasteiger partial charge in [0, 0.05) is 49.6 Å². The molecule has 6 nitrogen and oxygen atoms in total. The van der Waals surface area contributed by atoms with Crippen molar-refractivity contribution in [2.75, 3.05) is 32.7 Å². The number of aromatic nitrogens is 1. The number of amides is 1. The second-order valence-corrected chi connectivity index (χ2v) is 7.49. The second-order valence-electron chi connectivity index (χ2n) is 6.52. The number of carbonyl (C=O) groups is 1. The van der Waals surface area contributed by atoms with Gasteiger partial charge in [0.25, 0.3) is 0 Å². The van der Waals surface area contributed by atoms with E-state index < -0.39 is 6.10 Å². The zero-order valence-corrected chi connectivity index (χ0v) is 15.6. The van der Waals surface area contributed by atoms with Gasteiger partial charge in [0.1, 0.15) is 11.9 Å². The average molecular weight is 363 g/mol. The SMILES string of the molecule is Cc1noc(C)c1CCC(=O)N1CCN(CC(O)c2cccs2)CC1. The summed E-state index contributed by atoms with van der Waals surface area (Å²) in [4.78, 5) is 17.6. The smallest absolute Gasteiger partial charge is 0.222 e. The van der Waals surface area contributed by atoms with Gasteiger partial charge >= 0.3 is 0 Å². The van der Waals surface area contributed by atoms with Gasteiger partial charge in [0.2, 0.25) is 5.91 Å². The van der Waals surface area contributed by atoms with Gasteiger partial charge in [-0.1, -0.05) is 11.2 Å². The molecule has 1 fully saturated rings. The molecule has 0 radical (unpaired) electrons. The van der Waals surface area contributed by atoms with Crippen molar-refractivity contribution in [3.05, 3.63) is 39.4 Å². The standard InChI is InChI=1S/C18H25N3O3S/c1-13-15(14(2)24-19-13)5-6-18(23)21-9-7-20(8-10-21)12-16(22)17-4-3-11-25-17/h3-4,11,16,22H,5-10,12H2,1-2H3. The molecule has 0 aliphatic carbocycles. The molecule has 1 saturated heterocycles. The first-order valence-electron chi connectivity index (χ1n) is 8.68. The highest BCUT2D eigenvalue weighted by Gasteiger charge is 2.23. The van der Waals surface area contributed by atoms with Crippen LogP contribution < -0.4 is 0 Å². The predicted octanol–water partition coefficient (Wildman–Crippen LogP) is 2.16. The van der Waals surface area contributed by atoms with Crippen LogP contribution in [0.5, 0.6) is 0 Å². The van der Waals surface area contributed by atoms with Gasteiger partial charge in [-0.3, -0.25) is 9.69 Å². The van der Waals surface area contributed by atoms with Gasteiger partial charge in [-0.15, -0.1) is 11.3 Å². The van der Waals surface area contributed by atoms with Crippen LogP contribution in [0.25, 0.3) is 0 Å². The number of aliphatic hydroxyl groups is 1. The third-order valence-corrected chi connectivity index (χ3v) is 5.77. The Balaban J connectivity index is 1.43. The quantitative estimate of drug-likeness (QED) is 0.852. The Labute approximate surface area is 152 Å². The molecule has 1 N–H and O–H groups in total. The van der Waals surface area contributed by atoms with Crippen molar-refractivity contribution in [1.29, 1.82) is 0 Å². The molecule has 1 unspecified atom stereocenters. The first-order valence-corrected chi connectivity index (χ1v) is 9.56. The van der Waals surface area contributed by atoms with Gasteiger partial charge in [0.15, 0.2) is 0 Å². The summed E-state index contributed by atoms with van der Waals surface area (Å²) in [6.45, 7) is 7.47. The summed E-state index contributed by atoms with van der Waals surface area (Å²) in [5.41, 5.74) is 1.92. The van der Waals surface area contributed by atoms with Crippen LogP contribution in [0.3, 0.4) is 0 Å². The van der Waals surface area contributed by atoms with Crippen molar-refractivity contribution >= 4 is 17.2 Å². The lowest BCUT2D eigenvalue weighted by molar-refractivity contribution is -0.133. The summed E-state index contributed by atoms with van der Waals surface area (Å²) in [5.74, 6) is 0.983. The van der Waals surface area contributed by atoms with Crippen molar-refractivity contribution in [3.63, 3.8) is 0 Å². The van der Waals surface area contributed by atoms with E-state index in [9.17, 15) is 9.90 Å². The number of β-amino-alcohol motifs (C(OH)–C–C–N with tert-alkyl or cyclic N) is 1. The molecule has 1 atom stereocenters. The lowest BCUT2D eigenvalue weighted by atomic mass is 10.1. The van der Waals surface area contributed by atoms with E-state index in [4.69, 9.17) is 4.52 Å². The van der Waals surface area contributed by atoms with Crippen LogP contribution in [0.1, 0.15) is 34.4 Å². The molecule has 136 valence electrons. The number of carbonyl (C=O) groups excluding carboxylic acids is 1. The number of hydrogen-bond donors (Lipinski definition) is 1. The Hall–Kier alpha value is -1.70. The highest BCUT2D eigenvalue weighted by molar-refractivity contribution is 7.10. The fourth-order valence-corrected chi connectivity index (χ4v) is 3.95. The van der Waals surface area contributed by atoms with E-state index in [-0.39, 0.29) is 5.91 Å². The van der Waals surface area contributed by atoms with Crippen molar-refractivity contribution in [3.8, 4) is 0 Å². The molecule has 3 rings (SSSR count). The van der Waals surface area contributed by atoms with Crippen LogP contribution in [-0.2, 0) is 11.2 Å². The molecular formula is C18H25N3O3S. The van der Waals surface area contributed by atoms with Crippen molar-refractivity contribution < 1.29 is 14.4 Å². The van der Waals surface area contributed by atoms with Crippen LogP contribution in [0.2, 0.25) is 0 Å². The minimum atomic E-state index is -0.443. The maximum Gasteiger partial charge on any atom is 0.222 e. The van der Waals surface area contributed by atoms with E-state index in [1.54, 1.807) is 11.3 Å². The summed E-state index contributed by atoms with van der Waals surface area (Å²) in [6, 6.07) is 3.92.